The van der Waals surface area contributed by atoms with Gasteiger partial charge in [0.2, 0.25) is 0 Å². The number of likely N-dealkylation sites (tertiary alicyclic amines) is 1. The lowest BCUT2D eigenvalue weighted by Crippen LogP contribution is -2.35. The van der Waals surface area contributed by atoms with Crippen molar-refractivity contribution in [2.45, 2.75) is 25.3 Å². The maximum Gasteiger partial charge on any atom is 0.411 e. The van der Waals surface area contributed by atoms with Gasteiger partial charge in [-0.15, -0.1) is 0 Å². The number of carbonyl (C=O) groups is 1. The van der Waals surface area contributed by atoms with E-state index in [9.17, 15) is 18.7 Å². The highest BCUT2D eigenvalue weighted by Gasteiger charge is 2.25. The molecule has 0 aromatic heterocycles. The minimum atomic E-state index is -1.08. The molecule has 2 aromatic rings. The Morgan fingerprint density at radius 3 is 2.65 bits per heavy atom. The molecule has 4 nitrogen and oxygen atoms in total. The third-order valence-corrected chi connectivity index (χ3v) is 5.00. The van der Waals surface area contributed by atoms with E-state index in [4.69, 9.17) is 0 Å². The van der Waals surface area contributed by atoms with Crippen LogP contribution in [0.2, 0.25) is 0 Å². The molecule has 0 aliphatic carbocycles. The fourth-order valence-electron chi connectivity index (χ4n) is 3.59. The lowest BCUT2D eigenvalue weighted by Gasteiger charge is -2.26. The van der Waals surface area contributed by atoms with Crippen LogP contribution in [0, 0.1) is 11.6 Å². The molecule has 1 aliphatic heterocycles. The highest BCUT2D eigenvalue weighted by molar-refractivity contribution is 5.92. The van der Waals surface area contributed by atoms with E-state index in [1.54, 1.807) is 24.3 Å². The molecule has 1 heterocycles. The number of rotatable bonds is 5. The van der Waals surface area contributed by atoms with Gasteiger partial charge in [-0.1, -0.05) is 18.2 Å². The van der Waals surface area contributed by atoms with Crippen LogP contribution in [0.15, 0.2) is 42.5 Å². The molecule has 0 saturated carbocycles. The molecule has 3 rings (SSSR count). The largest absolute Gasteiger partial charge is 0.465 e. The first kappa shape index (κ1) is 18.3. The molecular weight excluding hydrogens is 338 g/mol. The summed E-state index contributed by atoms with van der Waals surface area (Å²) < 4.78 is 27.5. The minimum absolute atomic E-state index is 0.186. The van der Waals surface area contributed by atoms with Crippen LogP contribution in [-0.2, 0) is 0 Å². The van der Waals surface area contributed by atoms with E-state index in [2.05, 4.69) is 4.90 Å². The van der Waals surface area contributed by atoms with Gasteiger partial charge in [-0.3, -0.25) is 4.90 Å². The van der Waals surface area contributed by atoms with Crippen molar-refractivity contribution in [2.24, 2.45) is 0 Å². The fraction of sp³-hybridized carbons (Fsp3) is 0.350. The van der Waals surface area contributed by atoms with Crippen molar-refractivity contribution in [3.63, 3.8) is 0 Å². The van der Waals surface area contributed by atoms with E-state index in [0.29, 0.717) is 30.3 Å². The average Bonchev–Trinajstić information content (AvgIpc) is 3.01. The Balaban J connectivity index is 1.91. The van der Waals surface area contributed by atoms with Gasteiger partial charge >= 0.3 is 6.09 Å². The molecule has 6 heteroatoms. The Bertz CT molecular complexity index is 797. The predicted octanol–water partition coefficient (Wildman–Crippen LogP) is 4.60. The lowest BCUT2D eigenvalue weighted by molar-refractivity contribution is 0.200. The molecule has 1 fully saturated rings. The predicted molar refractivity (Wildman–Crippen MR) is 97.4 cm³/mol. The van der Waals surface area contributed by atoms with Crippen LogP contribution in [0.3, 0.4) is 0 Å². The summed E-state index contributed by atoms with van der Waals surface area (Å²) in [5.41, 5.74) is 1.03. The minimum Gasteiger partial charge on any atom is -0.465 e. The molecular formula is C20H22F2N2O2. The average molecular weight is 360 g/mol. The standard InChI is InChI=1S/C20H22F2N2O2/c1-23-11-4-5-15(23)10-12-24(20(25)26)19-7-3-2-6-17(19)16-9-8-14(21)13-18(16)22/h2-3,6-9,13,15H,4-5,10-12H2,1H3,(H,25,26). The summed E-state index contributed by atoms with van der Waals surface area (Å²) in [7, 11) is 2.05. The quantitative estimate of drug-likeness (QED) is 0.847. The maximum atomic E-state index is 14.3. The smallest absolute Gasteiger partial charge is 0.411 e. The lowest BCUT2D eigenvalue weighted by atomic mass is 10.0. The number of hydrogen-bond acceptors (Lipinski definition) is 2. The summed E-state index contributed by atoms with van der Waals surface area (Å²) >= 11 is 0. The second-order valence-electron chi connectivity index (χ2n) is 6.64. The van der Waals surface area contributed by atoms with E-state index in [0.717, 1.165) is 25.5 Å². The molecule has 0 spiro atoms. The molecule has 1 amide bonds. The van der Waals surface area contributed by atoms with Gasteiger partial charge in [0.05, 0.1) is 5.69 Å². The van der Waals surface area contributed by atoms with Crippen molar-refractivity contribution in [1.29, 1.82) is 0 Å². The molecule has 1 atom stereocenters. The molecule has 1 saturated heterocycles. The van der Waals surface area contributed by atoms with Crippen molar-refractivity contribution in [1.82, 2.24) is 4.90 Å². The number of carboxylic acid groups (broad SMARTS) is 1. The molecule has 1 aliphatic rings. The van der Waals surface area contributed by atoms with E-state index in [1.165, 1.54) is 17.0 Å². The van der Waals surface area contributed by atoms with Crippen LogP contribution in [0.5, 0.6) is 0 Å². The first-order valence-electron chi connectivity index (χ1n) is 8.72. The molecule has 138 valence electrons. The summed E-state index contributed by atoms with van der Waals surface area (Å²) in [6, 6.07) is 10.4. The fourth-order valence-corrected chi connectivity index (χ4v) is 3.59. The molecule has 2 aromatic carbocycles. The number of para-hydroxylation sites is 1. The monoisotopic (exact) mass is 360 g/mol. The number of benzene rings is 2. The van der Waals surface area contributed by atoms with Gasteiger partial charge in [0.1, 0.15) is 11.6 Å². The van der Waals surface area contributed by atoms with Crippen molar-refractivity contribution in [3.8, 4) is 11.1 Å². The van der Waals surface area contributed by atoms with Crippen molar-refractivity contribution in [3.05, 3.63) is 54.1 Å². The number of halogens is 2. The third-order valence-electron chi connectivity index (χ3n) is 5.00. The maximum absolute atomic E-state index is 14.3. The number of amides is 1. The zero-order chi connectivity index (χ0) is 18.7. The molecule has 1 N–H and O–H groups in total. The number of hydrogen-bond donors (Lipinski definition) is 1. The topological polar surface area (TPSA) is 43.8 Å². The van der Waals surface area contributed by atoms with E-state index < -0.39 is 17.7 Å². The highest BCUT2D eigenvalue weighted by Crippen LogP contribution is 2.33. The van der Waals surface area contributed by atoms with E-state index >= 15 is 0 Å². The Morgan fingerprint density at radius 2 is 2.00 bits per heavy atom. The van der Waals surface area contributed by atoms with Gasteiger partial charge in [-0.05, 0) is 51.1 Å². The third kappa shape index (κ3) is 3.85. The molecule has 1 unspecified atom stereocenters. The first-order valence-corrected chi connectivity index (χ1v) is 8.72. The zero-order valence-electron chi connectivity index (χ0n) is 14.7. The summed E-state index contributed by atoms with van der Waals surface area (Å²) in [6.07, 6.45) is 1.80. The number of nitrogens with zero attached hydrogens (tertiary/aromatic N) is 2. The second-order valence-corrected chi connectivity index (χ2v) is 6.64. The van der Waals surface area contributed by atoms with Crippen molar-refractivity contribution in [2.75, 3.05) is 25.0 Å². The van der Waals surface area contributed by atoms with Gasteiger partial charge in [-0.2, -0.15) is 0 Å². The van der Waals surface area contributed by atoms with Crippen LogP contribution < -0.4 is 4.90 Å². The second kappa shape index (κ2) is 7.83. The molecule has 26 heavy (non-hydrogen) atoms. The summed E-state index contributed by atoms with van der Waals surface area (Å²) in [5.74, 6) is -1.37. The summed E-state index contributed by atoms with van der Waals surface area (Å²) in [6.45, 7) is 1.35. The van der Waals surface area contributed by atoms with Crippen molar-refractivity contribution < 1.29 is 18.7 Å². The Morgan fingerprint density at radius 1 is 1.23 bits per heavy atom. The Labute approximate surface area is 151 Å². The van der Waals surface area contributed by atoms with Gasteiger partial charge in [0, 0.05) is 29.8 Å². The molecule has 0 bridgehead atoms. The zero-order valence-corrected chi connectivity index (χ0v) is 14.7. The van der Waals surface area contributed by atoms with Crippen LogP contribution in [0.25, 0.3) is 11.1 Å². The van der Waals surface area contributed by atoms with Gasteiger partial charge in [0.15, 0.2) is 0 Å². The highest BCUT2D eigenvalue weighted by atomic mass is 19.1. The van der Waals surface area contributed by atoms with Crippen LogP contribution >= 0.6 is 0 Å². The van der Waals surface area contributed by atoms with Gasteiger partial charge in [0.25, 0.3) is 0 Å². The SMILES string of the molecule is CN1CCCC1CCN(C(=O)O)c1ccccc1-c1ccc(F)cc1F. The Kier molecular flexibility index (Phi) is 5.52. The Hall–Kier alpha value is -2.47. The number of anilines is 1. The normalized spacial score (nSPS) is 17.4. The molecule has 0 radical (unpaired) electrons. The van der Waals surface area contributed by atoms with Crippen molar-refractivity contribution >= 4 is 11.8 Å². The van der Waals surface area contributed by atoms with Crippen LogP contribution in [0.4, 0.5) is 19.3 Å². The van der Waals surface area contributed by atoms with Crippen LogP contribution in [0.1, 0.15) is 19.3 Å². The summed E-state index contributed by atoms with van der Waals surface area (Å²) in [4.78, 5) is 15.4. The van der Waals surface area contributed by atoms with Crippen LogP contribution in [-0.4, -0.2) is 42.3 Å². The van der Waals surface area contributed by atoms with Gasteiger partial charge < -0.3 is 10.0 Å². The van der Waals surface area contributed by atoms with E-state index in [1.807, 2.05) is 7.05 Å². The van der Waals surface area contributed by atoms with E-state index in [-0.39, 0.29) is 5.56 Å². The van der Waals surface area contributed by atoms with Gasteiger partial charge in [-0.25, -0.2) is 13.6 Å². The summed E-state index contributed by atoms with van der Waals surface area (Å²) in [5, 5.41) is 9.71. The first-order chi connectivity index (χ1) is 12.5.